The summed E-state index contributed by atoms with van der Waals surface area (Å²) in [5.41, 5.74) is 6.98. The third-order valence-electron chi connectivity index (χ3n) is 10.8. The predicted molar refractivity (Wildman–Crippen MR) is 194 cm³/mol. The van der Waals surface area contributed by atoms with Gasteiger partial charge in [0, 0.05) is 91.0 Å². The molecule has 3 aromatic carbocycles. The summed E-state index contributed by atoms with van der Waals surface area (Å²) < 4.78 is 11.5. The summed E-state index contributed by atoms with van der Waals surface area (Å²) in [5.74, 6) is 1.28. The number of ether oxygens (including phenoxy) is 2. The maximum absolute atomic E-state index is 9.93. The topological polar surface area (TPSA) is 115 Å². The van der Waals surface area contributed by atoms with Gasteiger partial charge in [0.2, 0.25) is 5.88 Å². The predicted octanol–water partition coefficient (Wildman–Crippen LogP) is 5.03. The van der Waals surface area contributed by atoms with Crippen LogP contribution in [0.5, 0.6) is 11.6 Å². The maximum Gasteiger partial charge on any atom is 0.237 e. The van der Waals surface area contributed by atoms with E-state index in [9.17, 15) is 10.2 Å². The molecule has 4 aliphatic rings. The molecular formula is C38H42Cl2N6O4. The van der Waals surface area contributed by atoms with E-state index in [-0.39, 0.29) is 10.8 Å². The third kappa shape index (κ3) is 6.26. The Bertz CT molecular complexity index is 1780. The van der Waals surface area contributed by atoms with Crippen molar-refractivity contribution in [3.8, 4) is 45.1 Å². The van der Waals surface area contributed by atoms with Gasteiger partial charge in [-0.15, -0.1) is 0 Å². The van der Waals surface area contributed by atoms with E-state index in [4.69, 9.17) is 42.6 Å². The first-order valence-corrected chi connectivity index (χ1v) is 17.9. The van der Waals surface area contributed by atoms with Crippen molar-refractivity contribution in [3.05, 3.63) is 82.1 Å². The van der Waals surface area contributed by atoms with Gasteiger partial charge in [0.1, 0.15) is 23.9 Å². The average molecular weight is 718 g/mol. The van der Waals surface area contributed by atoms with Crippen LogP contribution >= 0.6 is 23.2 Å². The fraction of sp³-hybridized carbons (Fsp3) is 0.421. The number of halogens is 2. The Balaban J connectivity index is 1.01. The van der Waals surface area contributed by atoms with Crippen molar-refractivity contribution in [3.63, 3.8) is 0 Å². The van der Waals surface area contributed by atoms with Crippen molar-refractivity contribution >= 4 is 23.2 Å². The van der Waals surface area contributed by atoms with Crippen LogP contribution in [0.15, 0.2) is 60.8 Å². The van der Waals surface area contributed by atoms with Crippen LogP contribution in [0.25, 0.3) is 33.5 Å². The molecule has 5 heterocycles. The quantitative estimate of drug-likeness (QED) is 0.188. The molecule has 4 N–H and O–H groups in total. The Morgan fingerprint density at radius 2 is 1.36 bits per heavy atom. The molecule has 2 unspecified atom stereocenters. The van der Waals surface area contributed by atoms with Crippen LogP contribution in [0.2, 0.25) is 10.0 Å². The second-order valence-corrected chi connectivity index (χ2v) is 15.3. The highest BCUT2D eigenvalue weighted by atomic mass is 35.5. The molecule has 0 aliphatic carbocycles. The molecule has 8 rings (SSSR count). The minimum Gasteiger partial charge on any atom is -0.496 e. The SMILES string of the molecule is COc1cc(-c2cccc(-c3cccc(-c4cnc(CN5CC6(CNC(O)C6)C5)c(OC)n4)c3Cl)c2Cl)ccc1CN1CC2(CNC(O)C2)C1. The molecule has 1 aromatic heterocycles. The highest BCUT2D eigenvalue weighted by molar-refractivity contribution is 6.39. The molecule has 2 atom stereocenters. The highest BCUT2D eigenvalue weighted by Crippen LogP contribution is 2.44. The standard InChI is InChI=1S/C38H42Cl2N6O4/c1-49-31-11-23(9-10-24(31)15-45-19-37(20-45)12-32(47)42-17-37)25-5-3-6-26(34(25)39)27-7-4-8-28(35(27)40)29-14-41-30(36(44-29)50-2)16-46-21-38(22-46)13-33(48)43-18-38/h3-11,14,32-33,42-43,47-48H,12-13,15-22H2,1-2H3. The number of aliphatic hydroxyl groups excluding tert-OH is 2. The van der Waals surface area contributed by atoms with E-state index in [1.807, 2.05) is 42.5 Å². The molecule has 50 heavy (non-hydrogen) atoms. The second-order valence-electron chi connectivity index (χ2n) is 14.6. The van der Waals surface area contributed by atoms with Gasteiger partial charge in [0.25, 0.3) is 0 Å². The van der Waals surface area contributed by atoms with Gasteiger partial charge >= 0.3 is 0 Å². The summed E-state index contributed by atoms with van der Waals surface area (Å²) in [5, 5.41) is 27.3. The minimum atomic E-state index is -0.417. The first kappa shape index (κ1) is 33.8. The zero-order chi connectivity index (χ0) is 34.6. The van der Waals surface area contributed by atoms with Crippen molar-refractivity contribution in [2.24, 2.45) is 10.8 Å². The third-order valence-corrected chi connectivity index (χ3v) is 11.7. The number of aromatic nitrogens is 2. The van der Waals surface area contributed by atoms with E-state index in [0.29, 0.717) is 28.2 Å². The number of methoxy groups -OCH3 is 2. The van der Waals surface area contributed by atoms with Crippen molar-refractivity contribution in [1.82, 2.24) is 30.4 Å². The first-order valence-electron chi connectivity index (χ1n) is 17.1. The molecule has 4 saturated heterocycles. The smallest absolute Gasteiger partial charge is 0.237 e. The number of nitrogens with zero attached hydrogens (tertiary/aromatic N) is 4. The number of aliphatic hydroxyl groups is 2. The molecule has 262 valence electrons. The van der Waals surface area contributed by atoms with Crippen LogP contribution in [-0.2, 0) is 13.1 Å². The lowest BCUT2D eigenvalue weighted by molar-refractivity contribution is -0.00232. The van der Waals surface area contributed by atoms with Gasteiger partial charge in [-0.3, -0.25) is 25.4 Å². The van der Waals surface area contributed by atoms with E-state index >= 15 is 0 Å². The maximum atomic E-state index is 9.93. The first-order chi connectivity index (χ1) is 24.2. The van der Waals surface area contributed by atoms with Gasteiger partial charge in [-0.05, 0) is 24.5 Å². The largest absolute Gasteiger partial charge is 0.496 e. The summed E-state index contributed by atoms with van der Waals surface area (Å²) in [7, 11) is 3.31. The van der Waals surface area contributed by atoms with E-state index < -0.39 is 12.5 Å². The van der Waals surface area contributed by atoms with Crippen molar-refractivity contribution in [1.29, 1.82) is 0 Å². The summed E-state index contributed by atoms with van der Waals surface area (Å²) >= 11 is 14.3. The fourth-order valence-corrected chi connectivity index (χ4v) is 9.14. The van der Waals surface area contributed by atoms with Gasteiger partial charge < -0.3 is 19.7 Å². The molecule has 12 heteroatoms. The zero-order valence-electron chi connectivity index (χ0n) is 28.3. The van der Waals surface area contributed by atoms with Crippen LogP contribution in [-0.4, -0.2) is 95.9 Å². The van der Waals surface area contributed by atoms with Gasteiger partial charge in [-0.25, -0.2) is 4.98 Å². The Morgan fingerprint density at radius 3 is 1.94 bits per heavy atom. The number of rotatable bonds is 9. The van der Waals surface area contributed by atoms with Crippen molar-refractivity contribution < 1.29 is 19.7 Å². The van der Waals surface area contributed by atoms with Crippen LogP contribution < -0.4 is 20.1 Å². The number of hydrogen-bond acceptors (Lipinski definition) is 10. The van der Waals surface area contributed by atoms with Crippen LogP contribution in [0.1, 0.15) is 24.1 Å². The van der Waals surface area contributed by atoms with E-state index in [2.05, 4.69) is 32.6 Å². The summed E-state index contributed by atoms with van der Waals surface area (Å²) in [6, 6.07) is 18.1. The van der Waals surface area contributed by atoms with Gasteiger partial charge in [0.15, 0.2) is 0 Å². The highest BCUT2D eigenvalue weighted by Gasteiger charge is 2.48. The molecule has 10 nitrogen and oxygen atoms in total. The minimum absolute atomic E-state index is 0.138. The number of likely N-dealkylation sites (tertiary alicyclic amines) is 2. The molecule has 4 aromatic rings. The van der Waals surface area contributed by atoms with E-state index in [0.717, 1.165) is 103 Å². The Morgan fingerprint density at radius 1 is 0.780 bits per heavy atom. The van der Waals surface area contributed by atoms with Crippen LogP contribution in [0.4, 0.5) is 0 Å². The molecular weight excluding hydrogens is 675 g/mol. The monoisotopic (exact) mass is 716 g/mol. The van der Waals surface area contributed by atoms with Crippen LogP contribution in [0, 0.1) is 10.8 Å². The second kappa shape index (κ2) is 13.3. The van der Waals surface area contributed by atoms with Gasteiger partial charge in [-0.2, -0.15) is 0 Å². The normalized spacial score (nSPS) is 22.5. The summed E-state index contributed by atoms with van der Waals surface area (Å²) in [6.45, 7) is 6.83. The summed E-state index contributed by atoms with van der Waals surface area (Å²) in [6.07, 6.45) is 2.52. The number of benzene rings is 3. The fourth-order valence-electron chi connectivity index (χ4n) is 8.48. The van der Waals surface area contributed by atoms with Gasteiger partial charge in [0.05, 0.1) is 36.2 Å². The Hall–Kier alpha value is -3.32. The van der Waals surface area contributed by atoms with Crippen molar-refractivity contribution in [2.75, 3.05) is 53.5 Å². The number of nitrogens with one attached hydrogen (secondary N) is 2. The Labute approximate surface area is 302 Å². The van der Waals surface area contributed by atoms with E-state index in [1.165, 1.54) is 0 Å². The van der Waals surface area contributed by atoms with Gasteiger partial charge in [-0.1, -0.05) is 71.7 Å². The van der Waals surface area contributed by atoms with E-state index in [1.54, 1.807) is 20.4 Å². The molecule has 4 aliphatic heterocycles. The molecule has 4 fully saturated rings. The summed E-state index contributed by atoms with van der Waals surface area (Å²) in [4.78, 5) is 14.3. The lowest BCUT2D eigenvalue weighted by atomic mass is 9.78. The molecule has 0 bridgehead atoms. The molecule has 2 spiro atoms. The molecule has 0 amide bonds. The van der Waals surface area contributed by atoms with Crippen LogP contribution in [0.3, 0.4) is 0 Å². The molecule has 0 radical (unpaired) electrons. The average Bonchev–Trinajstić information content (AvgIpc) is 3.68. The number of hydrogen-bond donors (Lipinski definition) is 4. The zero-order valence-corrected chi connectivity index (χ0v) is 29.8. The molecule has 0 saturated carbocycles. The van der Waals surface area contributed by atoms with Crippen molar-refractivity contribution in [2.45, 2.75) is 38.4 Å². The Kier molecular flexibility index (Phi) is 9.02. The lowest BCUT2D eigenvalue weighted by Crippen LogP contribution is -2.56. The lowest BCUT2D eigenvalue weighted by Gasteiger charge is -2.48.